The van der Waals surface area contributed by atoms with E-state index >= 15 is 0 Å². The number of benzene rings is 1. The van der Waals surface area contributed by atoms with Gasteiger partial charge in [-0.2, -0.15) is 5.26 Å². The molecule has 120 valence electrons. The minimum Gasteiger partial charge on any atom is -0.463 e. The largest absolute Gasteiger partial charge is 0.463 e. The zero-order valence-corrected chi connectivity index (χ0v) is 12.9. The Balaban J connectivity index is 2.66. The third-order valence-corrected chi connectivity index (χ3v) is 3.50. The summed E-state index contributed by atoms with van der Waals surface area (Å²) in [6, 6.07) is 7.67. The predicted octanol–water partition coefficient (Wildman–Crippen LogP) is 2.86. The first-order valence-corrected chi connectivity index (χ1v) is 7.26. The first-order valence-electron chi connectivity index (χ1n) is 7.26. The van der Waals surface area contributed by atoms with Gasteiger partial charge >= 0.3 is 5.97 Å². The Labute approximate surface area is 133 Å². The van der Waals surface area contributed by atoms with Gasteiger partial charge in [-0.05, 0) is 24.6 Å². The number of nitriles is 1. The number of nitrogens with zero attached hydrogens (tertiary/aromatic N) is 1. The molecule has 1 aromatic carbocycles. The standard InChI is InChI=1S/C17H17FN2O3/c1-3-13-15(17(21)22-4-2)14(12(9-19)16(20)23-13)10-6-5-7-11(18)8-10/h5-8,14H,3-4,20H2,1-2H3/t14-/m0/s1. The summed E-state index contributed by atoms with van der Waals surface area (Å²) >= 11 is 0. The lowest BCUT2D eigenvalue weighted by atomic mass is 9.82. The van der Waals surface area contributed by atoms with Crippen molar-refractivity contribution in [1.29, 1.82) is 5.26 Å². The van der Waals surface area contributed by atoms with Crippen LogP contribution in [0.5, 0.6) is 0 Å². The molecule has 0 saturated heterocycles. The zero-order chi connectivity index (χ0) is 17.0. The summed E-state index contributed by atoms with van der Waals surface area (Å²) in [5.74, 6) is -1.62. The van der Waals surface area contributed by atoms with Crippen LogP contribution in [0.3, 0.4) is 0 Å². The van der Waals surface area contributed by atoms with Gasteiger partial charge in [-0.3, -0.25) is 0 Å². The van der Waals surface area contributed by atoms with Gasteiger partial charge in [0.1, 0.15) is 23.2 Å². The molecule has 23 heavy (non-hydrogen) atoms. The number of allylic oxidation sites excluding steroid dienone is 2. The fourth-order valence-electron chi connectivity index (χ4n) is 2.53. The summed E-state index contributed by atoms with van der Waals surface area (Å²) in [5, 5.41) is 9.41. The highest BCUT2D eigenvalue weighted by molar-refractivity contribution is 5.92. The Morgan fingerprint density at radius 2 is 2.22 bits per heavy atom. The molecular weight excluding hydrogens is 299 g/mol. The molecule has 0 bridgehead atoms. The van der Waals surface area contributed by atoms with E-state index in [1.54, 1.807) is 19.9 Å². The van der Waals surface area contributed by atoms with Crippen LogP contribution in [0.1, 0.15) is 31.7 Å². The number of hydrogen-bond acceptors (Lipinski definition) is 5. The predicted molar refractivity (Wildman–Crippen MR) is 81.0 cm³/mol. The third kappa shape index (κ3) is 3.19. The van der Waals surface area contributed by atoms with E-state index in [4.69, 9.17) is 15.2 Å². The fourth-order valence-corrected chi connectivity index (χ4v) is 2.53. The maximum absolute atomic E-state index is 13.6. The number of rotatable bonds is 4. The molecule has 1 aliphatic heterocycles. The van der Waals surface area contributed by atoms with E-state index in [2.05, 4.69) is 0 Å². The third-order valence-electron chi connectivity index (χ3n) is 3.50. The zero-order valence-electron chi connectivity index (χ0n) is 12.9. The van der Waals surface area contributed by atoms with Crippen molar-refractivity contribution in [2.45, 2.75) is 26.2 Å². The smallest absolute Gasteiger partial charge is 0.338 e. The van der Waals surface area contributed by atoms with Gasteiger partial charge in [0.15, 0.2) is 0 Å². The molecule has 0 spiro atoms. The van der Waals surface area contributed by atoms with Crippen molar-refractivity contribution < 1.29 is 18.7 Å². The van der Waals surface area contributed by atoms with Gasteiger partial charge in [0.05, 0.1) is 18.1 Å². The van der Waals surface area contributed by atoms with Crippen molar-refractivity contribution in [3.8, 4) is 6.07 Å². The number of hydrogen-bond donors (Lipinski definition) is 1. The average Bonchev–Trinajstić information content (AvgIpc) is 2.53. The van der Waals surface area contributed by atoms with Crippen LogP contribution in [0.25, 0.3) is 0 Å². The van der Waals surface area contributed by atoms with Crippen molar-refractivity contribution >= 4 is 5.97 Å². The molecule has 0 saturated carbocycles. The Morgan fingerprint density at radius 3 is 2.78 bits per heavy atom. The lowest BCUT2D eigenvalue weighted by Crippen LogP contribution is -2.26. The molecule has 1 atom stereocenters. The maximum Gasteiger partial charge on any atom is 0.338 e. The monoisotopic (exact) mass is 316 g/mol. The van der Waals surface area contributed by atoms with Crippen LogP contribution in [0.2, 0.25) is 0 Å². The highest BCUT2D eigenvalue weighted by Crippen LogP contribution is 2.40. The Morgan fingerprint density at radius 1 is 1.48 bits per heavy atom. The highest BCUT2D eigenvalue weighted by atomic mass is 19.1. The molecule has 0 radical (unpaired) electrons. The van der Waals surface area contributed by atoms with Crippen LogP contribution in [0.15, 0.2) is 47.1 Å². The van der Waals surface area contributed by atoms with Crippen LogP contribution in [0.4, 0.5) is 4.39 Å². The Kier molecular flexibility index (Phi) is 5.02. The van der Waals surface area contributed by atoms with Crippen LogP contribution in [0, 0.1) is 17.1 Å². The molecule has 5 nitrogen and oxygen atoms in total. The second kappa shape index (κ2) is 6.97. The van der Waals surface area contributed by atoms with Gasteiger partial charge in [0.2, 0.25) is 5.88 Å². The Hall–Kier alpha value is -2.81. The topological polar surface area (TPSA) is 85.3 Å². The molecule has 1 heterocycles. The van der Waals surface area contributed by atoms with Gasteiger partial charge in [-0.25, -0.2) is 9.18 Å². The number of carbonyl (C=O) groups excluding carboxylic acids is 1. The number of esters is 1. The second-order valence-corrected chi connectivity index (χ2v) is 4.89. The first-order chi connectivity index (χ1) is 11.0. The van der Waals surface area contributed by atoms with E-state index in [-0.39, 0.29) is 23.6 Å². The lowest BCUT2D eigenvalue weighted by Gasteiger charge is -2.27. The first kappa shape index (κ1) is 16.6. The number of carbonyl (C=O) groups is 1. The van der Waals surface area contributed by atoms with Crippen molar-refractivity contribution in [3.63, 3.8) is 0 Å². The van der Waals surface area contributed by atoms with Crippen molar-refractivity contribution in [3.05, 3.63) is 58.4 Å². The van der Waals surface area contributed by atoms with Crippen molar-refractivity contribution in [1.82, 2.24) is 0 Å². The minimum absolute atomic E-state index is 0.0656. The lowest BCUT2D eigenvalue weighted by molar-refractivity contribution is -0.139. The van der Waals surface area contributed by atoms with E-state index < -0.39 is 17.7 Å². The van der Waals surface area contributed by atoms with Crippen LogP contribution in [-0.4, -0.2) is 12.6 Å². The molecule has 6 heteroatoms. The number of ether oxygens (including phenoxy) is 2. The molecule has 1 aliphatic rings. The second-order valence-electron chi connectivity index (χ2n) is 4.89. The summed E-state index contributed by atoms with van der Waals surface area (Å²) in [5.41, 5.74) is 6.51. The normalized spacial score (nSPS) is 17.6. The molecule has 0 amide bonds. The molecule has 0 unspecified atom stereocenters. The minimum atomic E-state index is -0.807. The van der Waals surface area contributed by atoms with Crippen LogP contribution in [-0.2, 0) is 14.3 Å². The summed E-state index contributed by atoms with van der Waals surface area (Å²) in [6.07, 6.45) is 0.388. The summed E-state index contributed by atoms with van der Waals surface area (Å²) < 4.78 is 24.1. The quantitative estimate of drug-likeness (QED) is 0.863. The highest BCUT2D eigenvalue weighted by Gasteiger charge is 2.37. The molecule has 2 rings (SSSR count). The number of nitrogens with two attached hydrogens (primary N) is 1. The van der Waals surface area contributed by atoms with Crippen LogP contribution < -0.4 is 5.73 Å². The van der Waals surface area contributed by atoms with Gasteiger partial charge < -0.3 is 15.2 Å². The molecule has 2 N–H and O–H groups in total. The van der Waals surface area contributed by atoms with E-state index in [9.17, 15) is 14.4 Å². The van der Waals surface area contributed by atoms with E-state index in [1.807, 2.05) is 6.07 Å². The molecule has 0 aromatic heterocycles. The van der Waals surface area contributed by atoms with Crippen LogP contribution >= 0.6 is 0 Å². The molecule has 0 aliphatic carbocycles. The molecule has 1 aromatic rings. The van der Waals surface area contributed by atoms with Gasteiger partial charge in [0, 0.05) is 6.42 Å². The van der Waals surface area contributed by atoms with E-state index in [0.29, 0.717) is 17.7 Å². The van der Waals surface area contributed by atoms with E-state index in [0.717, 1.165) is 0 Å². The molecular formula is C17H17FN2O3. The van der Waals surface area contributed by atoms with E-state index in [1.165, 1.54) is 18.2 Å². The SMILES string of the molecule is CCOC(=O)C1=C(CC)OC(N)=C(C#N)[C@@H]1c1cccc(F)c1. The molecule has 0 fully saturated rings. The number of halogens is 1. The average molecular weight is 316 g/mol. The summed E-state index contributed by atoms with van der Waals surface area (Å²) in [4.78, 5) is 12.4. The maximum atomic E-state index is 13.6. The van der Waals surface area contributed by atoms with Crippen molar-refractivity contribution in [2.75, 3.05) is 6.61 Å². The van der Waals surface area contributed by atoms with Gasteiger partial charge in [-0.15, -0.1) is 0 Å². The van der Waals surface area contributed by atoms with Crippen molar-refractivity contribution in [2.24, 2.45) is 5.73 Å². The summed E-state index contributed by atoms with van der Waals surface area (Å²) in [7, 11) is 0. The Bertz CT molecular complexity index is 732. The van der Waals surface area contributed by atoms with Gasteiger partial charge in [0.25, 0.3) is 0 Å². The van der Waals surface area contributed by atoms with Gasteiger partial charge in [-0.1, -0.05) is 19.1 Å². The summed E-state index contributed by atoms with van der Waals surface area (Å²) in [6.45, 7) is 3.65. The fraction of sp³-hybridized carbons (Fsp3) is 0.294.